The first-order valence-corrected chi connectivity index (χ1v) is 8.09. The van der Waals surface area contributed by atoms with Crippen molar-refractivity contribution in [1.82, 2.24) is 4.98 Å². The van der Waals surface area contributed by atoms with Crippen molar-refractivity contribution in [2.75, 3.05) is 11.9 Å². The molecule has 1 aromatic rings. The van der Waals surface area contributed by atoms with E-state index in [4.69, 9.17) is 5.11 Å². The lowest BCUT2D eigenvalue weighted by molar-refractivity contribution is 0.0696. The number of pyridine rings is 1. The van der Waals surface area contributed by atoms with Gasteiger partial charge in [0, 0.05) is 12.2 Å². The number of aryl methyl sites for hydroxylation is 1. The number of nitrogens with one attached hydrogen (secondary N) is 1. The van der Waals surface area contributed by atoms with Crippen LogP contribution in [0.2, 0.25) is 0 Å². The molecule has 0 bridgehead atoms. The van der Waals surface area contributed by atoms with E-state index in [9.17, 15) is 4.79 Å². The Labute approximate surface area is 128 Å². The van der Waals surface area contributed by atoms with Gasteiger partial charge in [-0.1, -0.05) is 51.9 Å². The van der Waals surface area contributed by atoms with E-state index in [0.29, 0.717) is 11.4 Å². The molecule has 2 N–H and O–H groups in total. The Morgan fingerprint density at radius 2 is 1.71 bits per heavy atom. The summed E-state index contributed by atoms with van der Waals surface area (Å²) in [4.78, 5) is 15.3. The number of aromatic nitrogens is 1. The van der Waals surface area contributed by atoms with Crippen molar-refractivity contribution in [2.45, 2.75) is 65.2 Å². The zero-order valence-electron chi connectivity index (χ0n) is 13.3. The molecule has 1 rings (SSSR count). The van der Waals surface area contributed by atoms with Crippen LogP contribution in [0.25, 0.3) is 0 Å². The van der Waals surface area contributed by atoms with Crippen molar-refractivity contribution in [3.05, 3.63) is 23.4 Å². The molecule has 0 saturated carbocycles. The molecule has 0 aliphatic rings. The summed E-state index contributed by atoms with van der Waals surface area (Å²) in [7, 11) is 0. The first-order valence-electron chi connectivity index (χ1n) is 8.09. The van der Waals surface area contributed by atoms with Gasteiger partial charge in [-0.25, -0.2) is 9.78 Å². The van der Waals surface area contributed by atoms with E-state index < -0.39 is 5.97 Å². The lowest BCUT2D eigenvalue weighted by Gasteiger charge is -2.07. The van der Waals surface area contributed by atoms with Crippen LogP contribution in [0.4, 0.5) is 5.82 Å². The topological polar surface area (TPSA) is 62.2 Å². The number of carbonyl (C=O) groups is 1. The molecular formula is C17H28N2O2. The smallest absolute Gasteiger partial charge is 0.335 e. The van der Waals surface area contributed by atoms with Gasteiger partial charge in [0.1, 0.15) is 5.82 Å². The predicted octanol–water partition coefficient (Wildman–Crippen LogP) is 4.64. The fraction of sp³-hybridized carbons (Fsp3) is 0.647. The van der Waals surface area contributed by atoms with Crippen LogP contribution in [0.15, 0.2) is 12.1 Å². The molecule has 4 heteroatoms. The monoisotopic (exact) mass is 292 g/mol. The van der Waals surface area contributed by atoms with Crippen LogP contribution in [0.1, 0.15) is 74.3 Å². The van der Waals surface area contributed by atoms with Crippen LogP contribution < -0.4 is 5.32 Å². The summed E-state index contributed by atoms with van der Waals surface area (Å²) in [5.74, 6) is -0.244. The summed E-state index contributed by atoms with van der Waals surface area (Å²) in [5, 5.41) is 12.2. The predicted molar refractivity (Wildman–Crippen MR) is 87.0 cm³/mol. The molecule has 0 fully saturated rings. The summed E-state index contributed by atoms with van der Waals surface area (Å²) < 4.78 is 0. The molecule has 0 aromatic carbocycles. The van der Waals surface area contributed by atoms with Gasteiger partial charge in [0.2, 0.25) is 0 Å². The zero-order chi connectivity index (χ0) is 15.5. The first-order chi connectivity index (χ1) is 10.1. The molecule has 0 atom stereocenters. The molecule has 4 nitrogen and oxygen atoms in total. The lowest BCUT2D eigenvalue weighted by Crippen LogP contribution is -2.06. The second-order valence-electron chi connectivity index (χ2n) is 5.59. The van der Waals surface area contributed by atoms with Gasteiger partial charge in [-0.2, -0.15) is 0 Å². The average molecular weight is 292 g/mol. The van der Waals surface area contributed by atoms with E-state index >= 15 is 0 Å². The Hall–Kier alpha value is -1.58. The minimum absolute atomic E-state index is 0.293. The van der Waals surface area contributed by atoms with Gasteiger partial charge in [0.15, 0.2) is 0 Å². The number of hydrogen-bond donors (Lipinski definition) is 2. The molecule has 21 heavy (non-hydrogen) atoms. The summed E-state index contributed by atoms with van der Waals surface area (Å²) in [6, 6.07) is 3.18. The molecule has 1 aromatic heterocycles. The van der Waals surface area contributed by atoms with Crippen molar-refractivity contribution in [1.29, 1.82) is 0 Å². The quantitative estimate of drug-likeness (QED) is 0.583. The second kappa shape index (κ2) is 10.2. The van der Waals surface area contributed by atoms with Crippen molar-refractivity contribution < 1.29 is 9.90 Å². The number of aromatic carboxylic acids is 1. The Morgan fingerprint density at radius 3 is 2.33 bits per heavy atom. The van der Waals surface area contributed by atoms with Gasteiger partial charge in [0.25, 0.3) is 0 Å². The number of carboxylic acids is 1. The Bertz CT molecular complexity index is 433. The van der Waals surface area contributed by atoms with Crippen LogP contribution in [0.3, 0.4) is 0 Å². The maximum absolute atomic E-state index is 11.0. The van der Waals surface area contributed by atoms with Crippen molar-refractivity contribution in [3.63, 3.8) is 0 Å². The zero-order valence-corrected chi connectivity index (χ0v) is 13.3. The fourth-order valence-electron chi connectivity index (χ4n) is 2.36. The van der Waals surface area contributed by atoms with Crippen LogP contribution in [0.5, 0.6) is 0 Å². The number of nitrogens with zero attached hydrogens (tertiary/aromatic N) is 1. The lowest BCUT2D eigenvalue weighted by atomic mass is 10.1. The molecule has 0 radical (unpaired) electrons. The van der Waals surface area contributed by atoms with Crippen LogP contribution >= 0.6 is 0 Å². The molecule has 0 saturated heterocycles. The highest BCUT2D eigenvalue weighted by atomic mass is 16.4. The highest BCUT2D eigenvalue weighted by molar-refractivity contribution is 5.88. The van der Waals surface area contributed by atoms with E-state index in [1.807, 2.05) is 6.92 Å². The molecule has 118 valence electrons. The molecule has 0 aliphatic carbocycles. The Balaban J connectivity index is 2.17. The summed E-state index contributed by atoms with van der Waals surface area (Å²) in [6.45, 7) is 4.90. The fourth-order valence-corrected chi connectivity index (χ4v) is 2.36. The van der Waals surface area contributed by atoms with Gasteiger partial charge in [-0.15, -0.1) is 0 Å². The van der Waals surface area contributed by atoms with Gasteiger partial charge >= 0.3 is 5.97 Å². The highest BCUT2D eigenvalue weighted by Crippen LogP contribution is 2.11. The maximum Gasteiger partial charge on any atom is 0.335 e. The summed E-state index contributed by atoms with van der Waals surface area (Å²) in [6.07, 6.45) is 10.3. The largest absolute Gasteiger partial charge is 0.478 e. The van der Waals surface area contributed by atoms with E-state index in [1.54, 1.807) is 12.1 Å². The first kappa shape index (κ1) is 17.5. The van der Waals surface area contributed by atoms with Crippen molar-refractivity contribution in [3.8, 4) is 0 Å². The van der Waals surface area contributed by atoms with Gasteiger partial charge in [-0.05, 0) is 25.5 Å². The normalized spacial score (nSPS) is 10.6. The van der Waals surface area contributed by atoms with Crippen LogP contribution in [-0.2, 0) is 0 Å². The molecule has 1 heterocycles. The van der Waals surface area contributed by atoms with Crippen LogP contribution in [-0.4, -0.2) is 22.6 Å². The number of unbranched alkanes of at least 4 members (excludes halogenated alkanes) is 7. The molecule has 0 aliphatic heterocycles. The third kappa shape index (κ3) is 7.69. The number of rotatable bonds is 11. The van der Waals surface area contributed by atoms with E-state index in [2.05, 4.69) is 17.2 Å². The molecule has 0 amide bonds. The number of anilines is 1. The van der Waals surface area contributed by atoms with E-state index in [-0.39, 0.29) is 0 Å². The van der Waals surface area contributed by atoms with Crippen molar-refractivity contribution in [2.24, 2.45) is 0 Å². The Morgan fingerprint density at radius 1 is 1.10 bits per heavy atom. The highest BCUT2D eigenvalue weighted by Gasteiger charge is 2.06. The van der Waals surface area contributed by atoms with Gasteiger partial charge in [0.05, 0.1) is 5.56 Å². The van der Waals surface area contributed by atoms with E-state index in [0.717, 1.165) is 18.7 Å². The van der Waals surface area contributed by atoms with Gasteiger partial charge in [-0.3, -0.25) is 0 Å². The second-order valence-corrected chi connectivity index (χ2v) is 5.59. The SMILES string of the molecule is CCCCCCCCCCNc1cc(C(=O)O)cc(C)n1. The number of carboxylic acid groups (broad SMARTS) is 1. The summed E-state index contributed by atoms with van der Waals surface area (Å²) in [5.41, 5.74) is 1.02. The van der Waals surface area contributed by atoms with Crippen LogP contribution in [0, 0.1) is 6.92 Å². The third-order valence-corrected chi connectivity index (χ3v) is 3.54. The maximum atomic E-state index is 11.0. The van der Waals surface area contributed by atoms with Gasteiger partial charge < -0.3 is 10.4 Å². The standard InChI is InChI=1S/C17H28N2O2/c1-3-4-5-6-7-8-9-10-11-18-16-13-15(17(20)21)12-14(2)19-16/h12-13H,3-11H2,1-2H3,(H,18,19)(H,20,21). The average Bonchev–Trinajstić information content (AvgIpc) is 2.45. The Kier molecular flexibility index (Phi) is 8.48. The molecule has 0 unspecified atom stereocenters. The van der Waals surface area contributed by atoms with Crippen molar-refractivity contribution >= 4 is 11.8 Å². The summed E-state index contributed by atoms with van der Waals surface area (Å²) >= 11 is 0. The molecular weight excluding hydrogens is 264 g/mol. The van der Waals surface area contributed by atoms with E-state index in [1.165, 1.54) is 44.9 Å². The minimum atomic E-state index is -0.907. The molecule has 0 spiro atoms. The minimum Gasteiger partial charge on any atom is -0.478 e. The third-order valence-electron chi connectivity index (χ3n) is 3.54. The number of hydrogen-bond acceptors (Lipinski definition) is 3.